The fourth-order valence-corrected chi connectivity index (χ4v) is 4.03. The summed E-state index contributed by atoms with van der Waals surface area (Å²) in [4.78, 5) is 43.5. The number of nitrogens with zero attached hydrogens (tertiary/aromatic N) is 2. The first-order valence-electron chi connectivity index (χ1n) is 8.87. The molecule has 3 amide bonds. The summed E-state index contributed by atoms with van der Waals surface area (Å²) in [7, 11) is 0. The molecule has 9 heteroatoms. The maximum Gasteiger partial charge on any atom is 0.288 e. The third-order valence-electron chi connectivity index (χ3n) is 4.92. The minimum absolute atomic E-state index is 0.0357. The number of hydrogen-bond donors (Lipinski definition) is 2. The van der Waals surface area contributed by atoms with E-state index in [1.165, 1.54) is 9.80 Å². The minimum Gasteiger partial charge on any atom is -0.349 e. The lowest BCUT2D eigenvalue weighted by Crippen LogP contribution is -3.19. The Kier molecular flexibility index (Phi) is 6.10. The molecule has 3 rings (SSSR count). The van der Waals surface area contributed by atoms with Gasteiger partial charge in [-0.15, -0.1) is 0 Å². The normalized spacial score (nSPS) is 19.7. The molecule has 0 aliphatic carbocycles. The van der Waals surface area contributed by atoms with Crippen LogP contribution in [0.25, 0.3) is 0 Å². The number of pyridine rings is 1. The van der Waals surface area contributed by atoms with Crippen LogP contribution < -0.4 is 20.1 Å². The Morgan fingerprint density at radius 3 is 2.73 bits per heavy atom. The van der Waals surface area contributed by atoms with E-state index in [-0.39, 0.29) is 35.4 Å². The van der Waals surface area contributed by atoms with Crippen molar-refractivity contribution in [3.63, 3.8) is 0 Å². The third kappa shape index (κ3) is 4.34. The maximum absolute atomic E-state index is 12.4. The van der Waals surface area contributed by atoms with E-state index < -0.39 is 0 Å². The molecule has 2 saturated heterocycles. The van der Waals surface area contributed by atoms with Crippen LogP contribution in [0, 0.1) is 0 Å². The number of carbonyl (C=O) groups excluding carboxylic acids is 3. The second-order valence-corrected chi connectivity index (χ2v) is 7.43. The quantitative estimate of drug-likeness (QED) is 0.622. The van der Waals surface area contributed by atoms with Gasteiger partial charge in [-0.05, 0) is 13.0 Å². The van der Waals surface area contributed by atoms with Gasteiger partial charge in [-0.2, -0.15) is 0 Å². The van der Waals surface area contributed by atoms with Crippen LogP contribution in [-0.2, 0) is 9.59 Å². The van der Waals surface area contributed by atoms with E-state index in [9.17, 15) is 14.4 Å². The fraction of sp³-hybridized carbons (Fsp3) is 0.529. The zero-order chi connectivity index (χ0) is 18.5. The molecule has 140 valence electrons. The van der Waals surface area contributed by atoms with Gasteiger partial charge in [-0.3, -0.25) is 24.2 Å². The van der Waals surface area contributed by atoms with Crippen molar-refractivity contribution >= 4 is 34.6 Å². The van der Waals surface area contributed by atoms with Gasteiger partial charge in [-0.25, -0.2) is 4.98 Å². The van der Waals surface area contributed by atoms with E-state index in [2.05, 4.69) is 21.3 Å². The number of piperazine rings is 1. The molecule has 0 saturated carbocycles. The number of anilines is 1. The van der Waals surface area contributed by atoms with E-state index in [0.29, 0.717) is 6.54 Å². The number of H-pyrrole nitrogens is 1. The summed E-state index contributed by atoms with van der Waals surface area (Å²) < 4.78 is 0. The van der Waals surface area contributed by atoms with Gasteiger partial charge in [0.25, 0.3) is 17.0 Å². The highest BCUT2D eigenvalue weighted by Crippen LogP contribution is 2.17. The van der Waals surface area contributed by atoms with Crippen molar-refractivity contribution in [3.05, 3.63) is 24.4 Å². The van der Waals surface area contributed by atoms with E-state index in [1.807, 2.05) is 25.3 Å². The van der Waals surface area contributed by atoms with Gasteiger partial charge < -0.3 is 10.2 Å². The average Bonchev–Trinajstić information content (AvgIpc) is 3.00. The second-order valence-electron chi connectivity index (χ2n) is 6.51. The van der Waals surface area contributed by atoms with Gasteiger partial charge in [0.1, 0.15) is 26.2 Å². The number of aromatic amines is 1. The molecule has 0 aromatic carbocycles. The number of amides is 3. The van der Waals surface area contributed by atoms with Crippen molar-refractivity contribution in [2.24, 2.45) is 0 Å². The standard InChI is InChI=1S/C17H23N5O3S/c1-13(16(24)19-6-7-22-15(23)12-26-17(22)25)20-8-10-21(11-9-20)14-4-2-3-5-18-14/h2-5,13H,6-12H2,1H3,(H,19,24)/p+2/t13-/m0/s1. The number of rotatable bonds is 6. The van der Waals surface area contributed by atoms with E-state index in [1.54, 1.807) is 0 Å². The summed E-state index contributed by atoms with van der Waals surface area (Å²) in [5.41, 5.74) is 0. The van der Waals surface area contributed by atoms with Crippen LogP contribution in [0.4, 0.5) is 10.6 Å². The molecule has 0 unspecified atom stereocenters. The molecule has 8 nitrogen and oxygen atoms in total. The summed E-state index contributed by atoms with van der Waals surface area (Å²) in [6.07, 6.45) is 1.92. The number of thioether (sulfide) groups is 1. The first-order chi connectivity index (χ1) is 12.6. The van der Waals surface area contributed by atoms with Gasteiger partial charge in [0.15, 0.2) is 6.04 Å². The summed E-state index contributed by atoms with van der Waals surface area (Å²) in [6.45, 7) is 6.03. The highest BCUT2D eigenvalue weighted by atomic mass is 32.2. The van der Waals surface area contributed by atoms with Crippen molar-refractivity contribution in [2.75, 3.05) is 49.9 Å². The topological polar surface area (TPSA) is 88.3 Å². The van der Waals surface area contributed by atoms with Crippen LogP contribution in [0.1, 0.15) is 6.92 Å². The molecule has 1 aromatic rings. The SMILES string of the molecule is C[C@@H](C(=O)NCCN1C(=O)CSC1=O)[NH+]1CCN(c2cccc[nH+]2)CC1. The first-order valence-corrected chi connectivity index (χ1v) is 9.86. The van der Waals surface area contributed by atoms with Crippen molar-refractivity contribution in [1.82, 2.24) is 10.2 Å². The average molecular weight is 379 g/mol. The number of aromatic nitrogens is 1. The van der Waals surface area contributed by atoms with Crippen molar-refractivity contribution < 1.29 is 24.3 Å². The molecule has 3 N–H and O–H groups in total. The van der Waals surface area contributed by atoms with E-state index >= 15 is 0 Å². The molecular weight excluding hydrogens is 354 g/mol. The van der Waals surface area contributed by atoms with Crippen molar-refractivity contribution in [3.8, 4) is 0 Å². The van der Waals surface area contributed by atoms with Crippen molar-refractivity contribution in [1.29, 1.82) is 0 Å². The first kappa shape index (κ1) is 18.7. The summed E-state index contributed by atoms with van der Waals surface area (Å²) in [5, 5.41) is 2.63. The van der Waals surface area contributed by atoms with Gasteiger partial charge in [-0.1, -0.05) is 17.8 Å². The molecule has 1 aromatic heterocycles. The van der Waals surface area contributed by atoms with Gasteiger partial charge >= 0.3 is 0 Å². The van der Waals surface area contributed by atoms with Crippen molar-refractivity contribution in [2.45, 2.75) is 13.0 Å². The Morgan fingerprint density at radius 1 is 1.35 bits per heavy atom. The van der Waals surface area contributed by atoms with Gasteiger partial charge in [0.2, 0.25) is 5.91 Å². The Bertz CT molecular complexity index is 648. The zero-order valence-corrected chi connectivity index (χ0v) is 15.7. The molecule has 2 aliphatic rings. The third-order valence-corrected chi connectivity index (χ3v) is 5.78. The predicted octanol–water partition coefficient (Wildman–Crippen LogP) is -1.59. The number of carbonyl (C=O) groups is 3. The molecule has 0 radical (unpaired) electrons. The maximum atomic E-state index is 12.4. The molecule has 26 heavy (non-hydrogen) atoms. The van der Waals surface area contributed by atoms with E-state index in [4.69, 9.17) is 0 Å². The molecule has 0 spiro atoms. The number of nitrogens with one attached hydrogen (secondary N) is 3. The molecule has 3 heterocycles. The monoisotopic (exact) mass is 379 g/mol. The molecule has 1 atom stereocenters. The van der Waals surface area contributed by atoms with Crippen LogP contribution in [0.15, 0.2) is 24.4 Å². The Hall–Kier alpha value is -2.13. The number of hydrogen-bond acceptors (Lipinski definition) is 5. The molecule has 2 aliphatic heterocycles. The van der Waals surface area contributed by atoms with Crippen LogP contribution in [0.2, 0.25) is 0 Å². The minimum atomic E-state index is -0.225. The Balaban J connectivity index is 1.41. The Labute approximate surface area is 156 Å². The largest absolute Gasteiger partial charge is 0.349 e. The summed E-state index contributed by atoms with van der Waals surface area (Å²) in [6, 6.07) is 5.87. The predicted molar refractivity (Wildman–Crippen MR) is 97.9 cm³/mol. The van der Waals surface area contributed by atoms with E-state index in [0.717, 1.165) is 43.8 Å². The molecular formula is C17H25N5O3S+2. The fourth-order valence-electron chi connectivity index (χ4n) is 3.27. The number of imide groups is 1. The zero-order valence-electron chi connectivity index (χ0n) is 14.9. The van der Waals surface area contributed by atoms with Gasteiger partial charge in [0, 0.05) is 19.2 Å². The lowest BCUT2D eigenvalue weighted by Gasteiger charge is -2.31. The number of quaternary nitrogens is 1. The van der Waals surface area contributed by atoms with Gasteiger partial charge in [0.05, 0.1) is 11.9 Å². The molecule has 2 fully saturated rings. The van der Waals surface area contributed by atoms with Crippen LogP contribution >= 0.6 is 11.8 Å². The van der Waals surface area contributed by atoms with Crippen LogP contribution in [0.3, 0.4) is 0 Å². The lowest BCUT2D eigenvalue weighted by molar-refractivity contribution is -0.914. The lowest BCUT2D eigenvalue weighted by atomic mass is 10.2. The second kappa shape index (κ2) is 8.50. The highest BCUT2D eigenvalue weighted by molar-refractivity contribution is 8.14. The summed E-state index contributed by atoms with van der Waals surface area (Å²) >= 11 is 1.01. The smallest absolute Gasteiger partial charge is 0.288 e. The van der Waals surface area contributed by atoms with Crippen LogP contribution in [-0.4, -0.2) is 73.0 Å². The van der Waals surface area contributed by atoms with Crippen LogP contribution in [0.5, 0.6) is 0 Å². The highest BCUT2D eigenvalue weighted by Gasteiger charge is 2.33. The summed E-state index contributed by atoms with van der Waals surface area (Å²) in [5.74, 6) is 1.09. The molecule has 0 bridgehead atoms. The Morgan fingerprint density at radius 2 is 2.12 bits per heavy atom.